The summed E-state index contributed by atoms with van der Waals surface area (Å²) in [6, 6.07) is 0. The summed E-state index contributed by atoms with van der Waals surface area (Å²) in [7, 11) is 0. The van der Waals surface area contributed by atoms with E-state index in [4.69, 9.17) is 4.74 Å². The van der Waals surface area contributed by atoms with Crippen LogP contribution in [0.15, 0.2) is 0 Å². The molecule has 0 aliphatic heterocycles. The van der Waals surface area contributed by atoms with Gasteiger partial charge in [0.05, 0.1) is 5.92 Å². The number of hydrogen-bond donors (Lipinski definition) is 0. The summed E-state index contributed by atoms with van der Waals surface area (Å²) in [5, 5.41) is 0. The lowest BCUT2D eigenvalue weighted by Gasteiger charge is -2.27. The lowest BCUT2D eigenvalue weighted by molar-refractivity contribution is -0.166. The average Bonchev–Trinajstić information content (AvgIpc) is 1.85. The molecule has 0 radical (unpaired) electrons. The highest BCUT2D eigenvalue weighted by atomic mass is 19.1. The Bertz CT molecular complexity index is 162. The molecule has 0 aromatic heterocycles. The summed E-state index contributed by atoms with van der Waals surface area (Å²) < 4.78 is 17.8. The van der Waals surface area contributed by atoms with Gasteiger partial charge in [0, 0.05) is 0 Å². The SMILES string of the molecule is CC(C)C(=O)OC(C)(C)C(C)F. The maximum atomic E-state index is 12.8. The maximum absolute atomic E-state index is 12.8. The van der Waals surface area contributed by atoms with Crippen molar-refractivity contribution in [2.45, 2.75) is 46.4 Å². The molecule has 0 aliphatic rings. The zero-order valence-electron chi connectivity index (χ0n) is 8.35. The van der Waals surface area contributed by atoms with Crippen molar-refractivity contribution in [3.8, 4) is 0 Å². The van der Waals surface area contributed by atoms with E-state index < -0.39 is 11.8 Å². The summed E-state index contributed by atoms with van der Waals surface area (Å²) in [6.07, 6.45) is -1.15. The van der Waals surface area contributed by atoms with Crippen molar-refractivity contribution in [1.29, 1.82) is 0 Å². The molecular formula is C9H17FO2. The maximum Gasteiger partial charge on any atom is 0.308 e. The fourth-order valence-electron chi connectivity index (χ4n) is 0.458. The Morgan fingerprint density at radius 3 is 2.00 bits per heavy atom. The van der Waals surface area contributed by atoms with Gasteiger partial charge in [-0.25, -0.2) is 4.39 Å². The zero-order valence-corrected chi connectivity index (χ0v) is 8.35. The minimum atomic E-state index is -1.15. The molecular weight excluding hydrogens is 159 g/mol. The first-order valence-electron chi connectivity index (χ1n) is 4.14. The number of ether oxygens (including phenoxy) is 1. The smallest absolute Gasteiger partial charge is 0.308 e. The Morgan fingerprint density at radius 1 is 1.33 bits per heavy atom. The van der Waals surface area contributed by atoms with Crippen LogP contribution in [0.3, 0.4) is 0 Å². The van der Waals surface area contributed by atoms with Gasteiger partial charge in [-0.1, -0.05) is 13.8 Å². The lowest BCUT2D eigenvalue weighted by atomic mass is 10.0. The molecule has 2 nitrogen and oxygen atoms in total. The standard InChI is InChI=1S/C9H17FO2/c1-6(2)8(11)12-9(4,5)7(3)10/h6-7H,1-5H3. The van der Waals surface area contributed by atoms with Crippen LogP contribution in [0, 0.1) is 5.92 Å². The van der Waals surface area contributed by atoms with Gasteiger partial charge in [-0.3, -0.25) is 4.79 Å². The predicted octanol–water partition coefficient (Wildman–Crippen LogP) is 2.32. The van der Waals surface area contributed by atoms with Crippen molar-refractivity contribution in [3.05, 3.63) is 0 Å². The fraction of sp³-hybridized carbons (Fsp3) is 0.889. The van der Waals surface area contributed by atoms with Gasteiger partial charge >= 0.3 is 5.97 Å². The van der Waals surface area contributed by atoms with Crippen LogP contribution in [0.5, 0.6) is 0 Å². The first kappa shape index (κ1) is 11.4. The third-order valence-corrected chi connectivity index (χ3v) is 1.79. The molecule has 0 N–H and O–H groups in total. The molecule has 1 unspecified atom stereocenters. The van der Waals surface area contributed by atoms with E-state index in [-0.39, 0.29) is 11.9 Å². The molecule has 0 fully saturated rings. The molecule has 0 spiro atoms. The van der Waals surface area contributed by atoms with Gasteiger partial charge in [0.15, 0.2) is 0 Å². The van der Waals surface area contributed by atoms with Crippen LogP contribution in [0.25, 0.3) is 0 Å². The van der Waals surface area contributed by atoms with Crippen molar-refractivity contribution in [2.24, 2.45) is 5.92 Å². The lowest BCUT2D eigenvalue weighted by Crippen LogP contribution is -2.37. The van der Waals surface area contributed by atoms with Gasteiger partial charge < -0.3 is 4.74 Å². The van der Waals surface area contributed by atoms with E-state index in [1.165, 1.54) is 6.92 Å². The number of alkyl halides is 1. The van der Waals surface area contributed by atoms with Crippen LogP contribution < -0.4 is 0 Å². The molecule has 3 heteroatoms. The molecule has 0 aliphatic carbocycles. The average molecular weight is 176 g/mol. The van der Waals surface area contributed by atoms with Crippen molar-refractivity contribution in [3.63, 3.8) is 0 Å². The molecule has 0 saturated heterocycles. The number of halogens is 1. The Kier molecular flexibility index (Phi) is 3.68. The van der Waals surface area contributed by atoms with E-state index in [1.54, 1.807) is 27.7 Å². The number of rotatable bonds is 3. The Balaban J connectivity index is 4.15. The van der Waals surface area contributed by atoms with Crippen LogP contribution >= 0.6 is 0 Å². The molecule has 0 heterocycles. The van der Waals surface area contributed by atoms with Gasteiger partial charge in [0.25, 0.3) is 0 Å². The van der Waals surface area contributed by atoms with Crippen LogP contribution in [0.4, 0.5) is 4.39 Å². The van der Waals surface area contributed by atoms with Crippen LogP contribution in [-0.4, -0.2) is 17.7 Å². The van der Waals surface area contributed by atoms with Crippen molar-refractivity contribution < 1.29 is 13.9 Å². The van der Waals surface area contributed by atoms with Crippen molar-refractivity contribution in [2.75, 3.05) is 0 Å². The van der Waals surface area contributed by atoms with Gasteiger partial charge in [-0.15, -0.1) is 0 Å². The van der Waals surface area contributed by atoms with E-state index in [0.29, 0.717) is 0 Å². The third-order valence-electron chi connectivity index (χ3n) is 1.79. The topological polar surface area (TPSA) is 26.3 Å². The summed E-state index contributed by atoms with van der Waals surface area (Å²) in [5.41, 5.74) is -1.01. The van der Waals surface area contributed by atoms with Crippen molar-refractivity contribution >= 4 is 5.97 Å². The summed E-state index contributed by atoms with van der Waals surface area (Å²) in [5.74, 6) is -0.562. The van der Waals surface area contributed by atoms with Gasteiger partial charge in [0.2, 0.25) is 0 Å². The van der Waals surface area contributed by atoms with E-state index >= 15 is 0 Å². The summed E-state index contributed by atoms with van der Waals surface area (Å²) in [6.45, 7) is 7.96. The molecule has 0 saturated carbocycles. The van der Waals surface area contributed by atoms with E-state index in [9.17, 15) is 9.18 Å². The molecule has 12 heavy (non-hydrogen) atoms. The Morgan fingerprint density at radius 2 is 1.75 bits per heavy atom. The fourth-order valence-corrected chi connectivity index (χ4v) is 0.458. The minimum Gasteiger partial charge on any atom is -0.456 e. The minimum absolute atomic E-state index is 0.206. The monoisotopic (exact) mass is 176 g/mol. The predicted molar refractivity (Wildman–Crippen MR) is 45.6 cm³/mol. The molecule has 0 rings (SSSR count). The first-order chi connectivity index (χ1) is 5.27. The molecule has 0 amide bonds. The molecule has 0 aromatic carbocycles. The zero-order chi connectivity index (χ0) is 9.94. The second-order valence-corrected chi connectivity index (χ2v) is 3.80. The highest BCUT2D eigenvalue weighted by molar-refractivity contribution is 5.72. The second kappa shape index (κ2) is 3.87. The van der Waals surface area contributed by atoms with E-state index in [2.05, 4.69) is 0 Å². The molecule has 72 valence electrons. The van der Waals surface area contributed by atoms with Gasteiger partial charge in [-0.2, -0.15) is 0 Å². The molecule has 1 atom stereocenters. The van der Waals surface area contributed by atoms with Gasteiger partial charge in [0.1, 0.15) is 11.8 Å². The Labute approximate surface area is 73.1 Å². The van der Waals surface area contributed by atoms with Crippen LogP contribution in [-0.2, 0) is 9.53 Å². The van der Waals surface area contributed by atoms with Crippen LogP contribution in [0.1, 0.15) is 34.6 Å². The molecule has 0 aromatic rings. The Hall–Kier alpha value is -0.600. The largest absolute Gasteiger partial charge is 0.456 e. The quantitative estimate of drug-likeness (QED) is 0.617. The summed E-state index contributed by atoms with van der Waals surface area (Å²) in [4.78, 5) is 11.1. The first-order valence-corrected chi connectivity index (χ1v) is 4.14. The second-order valence-electron chi connectivity index (χ2n) is 3.80. The number of esters is 1. The van der Waals surface area contributed by atoms with Crippen LogP contribution in [0.2, 0.25) is 0 Å². The van der Waals surface area contributed by atoms with Crippen molar-refractivity contribution in [1.82, 2.24) is 0 Å². The molecule has 0 bridgehead atoms. The normalized spacial score (nSPS) is 14.6. The third kappa shape index (κ3) is 3.20. The highest BCUT2D eigenvalue weighted by Gasteiger charge is 2.30. The van der Waals surface area contributed by atoms with E-state index in [1.807, 2.05) is 0 Å². The number of hydrogen-bond acceptors (Lipinski definition) is 2. The number of carbonyl (C=O) groups excluding carboxylic acids is 1. The van der Waals surface area contributed by atoms with E-state index in [0.717, 1.165) is 0 Å². The summed E-state index contributed by atoms with van der Waals surface area (Å²) >= 11 is 0. The number of carbonyl (C=O) groups is 1. The highest BCUT2D eigenvalue weighted by Crippen LogP contribution is 2.19. The van der Waals surface area contributed by atoms with Gasteiger partial charge in [-0.05, 0) is 20.8 Å².